The predicted molar refractivity (Wildman–Crippen MR) is 114 cm³/mol. The Balaban J connectivity index is 1.46. The van der Waals surface area contributed by atoms with Gasteiger partial charge in [0.2, 0.25) is 11.8 Å². The highest BCUT2D eigenvalue weighted by atomic mass is 35.5. The summed E-state index contributed by atoms with van der Waals surface area (Å²) >= 11 is 6.04. The van der Waals surface area contributed by atoms with E-state index in [9.17, 15) is 4.79 Å². The lowest BCUT2D eigenvalue weighted by molar-refractivity contribution is -0.126. The van der Waals surface area contributed by atoms with Crippen LogP contribution in [0.4, 0.5) is 0 Å². The summed E-state index contributed by atoms with van der Waals surface area (Å²) in [6, 6.07) is 20.9. The molecule has 0 aliphatic heterocycles. The van der Waals surface area contributed by atoms with Crippen molar-refractivity contribution >= 4 is 17.5 Å². The third kappa shape index (κ3) is 4.43. The van der Waals surface area contributed by atoms with Gasteiger partial charge in [-0.15, -0.1) is 0 Å². The second kappa shape index (κ2) is 8.66. The lowest BCUT2D eigenvalue weighted by Gasteiger charge is -2.28. The van der Waals surface area contributed by atoms with Crippen LogP contribution in [0.3, 0.4) is 0 Å². The SMILES string of the molecule is O=C(NCc1cccc(Oc2ccccn2)c1)C1(c2ccc(Cl)cc2)CCCC1. The Morgan fingerprint density at radius 1 is 1.03 bits per heavy atom. The minimum absolute atomic E-state index is 0.0772. The van der Waals surface area contributed by atoms with Crippen molar-refractivity contribution in [3.63, 3.8) is 0 Å². The van der Waals surface area contributed by atoms with Gasteiger partial charge in [-0.25, -0.2) is 4.98 Å². The van der Waals surface area contributed by atoms with Gasteiger partial charge in [-0.05, 0) is 54.3 Å². The van der Waals surface area contributed by atoms with Gasteiger partial charge in [-0.2, -0.15) is 0 Å². The number of halogens is 1. The Kier molecular flexibility index (Phi) is 5.81. The molecule has 0 unspecified atom stereocenters. The minimum Gasteiger partial charge on any atom is -0.439 e. The van der Waals surface area contributed by atoms with E-state index in [0.717, 1.165) is 36.8 Å². The van der Waals surface area contributed by atoms with Gasteiger partial charge < -0.3 is 10.1 Å². The number of rotatable bonds is 6. The monoisotopic (exact) mass is 406 g/mol. The zero-order valence-electron chi connectivity index (χ0n) is 16.1. The quantitative estimate of drug-likeness (QED) is 0.575. The van der Waals surface area contributed by atoms with Crippen LogP contribution in [-0.2, 0) is 16.8 Å². The summed E-state index contributed by atoms with van der Waals surface area (Å²) in [6.45, 7) is 0.452. The van der Waals surface area contributed by atoms with Gasteiger partial charge in [0.05, 0.1) is 5.41 Å². The number of hydrogen-bond donors (Lipinski definition) is 1. The standard InChI is InChI=1S/C24H23ClN2O2/c25-20-11-9-19(10-12-20)24(13-2-3-14-24)23(28)27-17-18-6-5-7-21(16-18)29-22-8-1-4-15-26-22/h1,4-12,15-16H,2-3,13-14,17H2,(H,27,28). The molecule has 1 fully saturated rings. The number of carbonyl (C=O) groups is 1. The van der Waals surface area contributed by atoms with E-state index in [1.165, 1.54) is 0 Å². The molecule has 4 rings (SSSR count). The molecule has 0 saturated heterocycles. The summed E-state index contributed by atoms with van der Waals surface area (Å²) in [5.41, 5.74) is 1.56. The lowest BCUT2D eigenvalue weighted by atomic mass is 9.78. The molecule has 29 heavy (non-hydrogen) atoms. The summed E-state index contributed by atoms with van der Waals surface area (Å²) in [5.74, 6) is 1.32. The molecule has 3 aromatic rings. The number of benzene rings is 2. The number of pyridine rings is 1. The Bertz CT molecular complexity index is 968. The molecule has 4 nitrogen and oxygen atoms in total. The van der Waals surface area contributed by atoms with Crippen LogP contribution in [0.5, 0.6) is 11.6 Å². The Labute approximate surface area is 175 Å². The first-order chi connectivity index (χ1) is 14.2. The van der Waals surface area contributed by atoms with Crippen molar-refractivity contribution in [3.8, 4) is 11.6 Å². The Morgan fingerprint density at radius 2 is 1.83 bits per heavy atom. The largest absolute Gasteiger partial charge is 0.439 e. The number of ether oxygens (including phenoxy) is 1. The summed E-state index contributed by atoms with van der Waals surface area (Å²) in [5, 5.41) is 3.83. The van der Waals surface area contributed by atoms with E-state index in [4.69, 9.17) is 16.3 Å². The van der Waals surface area contributed by atoms with Crippen LogP contribution >= 0.6 is 11.6 Å². The predicted octanol–water partition coefficient (Wildman–Crippen LogP) is 5.66. The zero-order valence-corrected chi connectivity index (χ0v) is 16.9. The molecule has 2 aromatic carbocycles. The van der Waals surface area contributed by atoms with E-state index >= 15 is 0 Å². The molecule has 0 radical (unpaired) electrons. The second-order valence-electron chi connectivity index (χ2n) is 7.40. The van der Waals surface area contributed by atoms with Crippen LogP contribution in [0.1, 0.15) is 36.8 Å². The first-order valence-corrected chi connectivity index (χ1v) is 10.3. The van der Waals surface area contributed by atoms with Crippen molar-refractivity contribution in [2.24, 2.45) is 0 Å². The first kappa shape index (κ1) is 19.5. The van der Waals surface area contributed by atoms with E-state index < -0.39 is 5.41 Å². The van der Waals surface area contributed by atoms with Crippen LogP contribution in [0.2, 0.25) is 5.02 Å². The molecule has 5 heteroatoms. The van der Waals surface area contributed by atoms with Crippen LogP contribution in [0.15, 0.2) is 72.9 Å². The lowest BCUT2D eigenvalue weighted by Crippen LogP contribution is -2.42. The van der Waals surface area contributed by atoms with Gasteiger partial charge >= 0.3 is 0 Å². The number of nitrogens with one attached hydrogen (secondary N) is 1. The molecule has 0 bridgehead atoms. The summed E-state index contributed by atoms with van der Waals surface area (Å²) in [6.07, 6.45) is 5.54. The molecular weight excluding hydrogens is 384 g/mol. The molecule has 1 saturated carbocycles. The van der Waals surface area contributed by atoms with Gasteiger partial charge in [0, 0.05) is 23.8 Å². The van der Waals surface area contributed by atoms with Gasteiger partial charge in [0.25, 0.3) is 0 Å². The van der Waals surface area contributed by atoms with Gasteiger partial charge in [-0.1, -0.05) is 54.8 Å². The molecule has 1 heterocycles. The maximum atomic E-state index is 13.2. The molecule has 148 valence electrons. The second-order valence-corrected chi connectivity index (χ2v) is 7.83. The van der Waals surface area contributed by atoms with E-state index in [1.54, 1.807) is 6.20 Å². The average Bonchev–Trinajstić information content (AvgIpc) is 3.25. The zero-order chi connectivity index (χ0) is 20.1. The number of carbonyl (C=O) groups excluding carboxylic acids is 1. The highest BCUT2D eigenvalue weighted by Gasteiger charge is 2.42. The maximum Gasteiger partial charge on any atom is 0.230 e. The van der Waals surface area contributed by atoms with Crippen molar-refractivity contribution in [3.05, 3.63) is 89.1 Å². The molecule has 1 N–H and O–H groups in total. The third-order valence-electron chi connectivity index (χ3n) is 5.50. The highest BCUT2D eigenvalue weighted by Crippen LogP contribution is 2.41. The first-order valence-electron chi connectivity index (χ1n) is 9.88. The van der Waals surface area contributed by atoms with E-state index in [2.05, 4.69) is 10.3 Å². The fourth-order valence-corrected chi connectivity index (χ4v) is 4.12. The maximum absolute atomic E-state index is 13.2. The minimum atomic E-state index is -0.466. The van der Waals surface area contributed by atoms with Crippen LogP contribution in [0.25, 0.3) is 0 Å². The Morgan fingerprint density at radius 3 is 2.55 bits per heavy atom. The van der Waals surface area contributed by atoms with Crippen molar-refractivity contribution in [1.29, 1.82) is 0 Å². The number of nitrogens with zero attached hydrogens (tertiary/aromatic N) is 1. The Hall–Kier alpha value is -2.85. The average molecular weight is 407 g/mol. The molecule has 1 aromatic heterocycles. The number of amides is 1. The van der Waals surface area contributed by atoms with Crippen LogP contribution < -0.4 is 10.1 Å². The van der Waals surface area contributed by atoms with E-state index in [0.29, 0.717) is 23.2 Å². The van der Waals surface area contributed by atoms with Crippen molar-refractivity contribution < 1.29 is 9.53 Å². The molecular formula is C24H23ClN2O2. The third-order valence-corrected chi connectivity index (χ3v) is 5.75. The normalized spacial score (nSPS) is 15.1. The summed E-state index contributed by atoms with van der Waals surface area (Å²) in [4.78, 5) is 17.4. The fraction of sp³-hybridized carbons (Fsp3) is 0.250. The molecule has 0 spiro atoms. The molecule has 1 aliphatic rings. The molecule has 0 atom stereocenters. The van der Waals surface area contributed by atoms with Crippen molar-refractivity contribution in [2.75, 3.05) is 0 Å². The van der Waals surface area contributed by atoms with Gasteiger partial charge in [0.15, 0.2) is 0 Å². The topological polar surface area (TPSA) is 51.2 Å². The van der Waals surface area contributed by atoms with Crippen LogP contribution in [-0.4, -0.2) is 10.9 Å². The van der Waals surface area contributed by atoms with E-state index in [-0.39, 0.29) is 5.91 Å². The van der Waals surface area contributed by atoms with Crippen molar-refractivity contribution in [1.82, 2.24) is 10.3 Å². The fourth-order valence-electron chi connectivity index (χ4n) is 3.99. The smallest absolute Gasteiger partial charge is 0.230 e. The van der Waals surface area contributed by atoms with Gasteiger partial charge in [0.1, 0.15) is 5.75 Å². The summed E-state index contributed by atoms with van der Waals surface area (Å²) in [7, 11) is 0. The molecule has 1 aliphatic carbocycles. The van der Waals surface area contributed by atoms with Crippen LogP contribution in [0, 0.1) is 0 Å². The highest BCUT2D eigenvalue weighted by molar-refractivity contribution is 6.30. The summed E-state index contributed by atoms with van der Waals surface area (Å²) < 4.78 is 5.79. The molecule has 1 amide bonds. The van der Waals surface area contributed by atoms with E-state index in [1.807, 2.05) is 66.7 Å². The van der Waals surface area contributed by atoms with Crippen molar-refractivity contribution in [2.45, 2.75) is 37.6 Å². The number of hydrogen-bond acceptors (Lipinski definition) is 3. The van der Waals surface area contributed by atoms with Gasteiger partial charge in [-0.3, -0.25) is 4.79 Å². The number of aromatic nitrogens is 1.